The summed E-state index contributed by atoms with van der Waals surface area (Å²) in [5, 5.41) is 14.4. The summed E-state index contributed by atoms with van der Waals surface area (Å²) >= 11 is 6.46. The molecule has 0 fully saturated rings. The van der Waals surface area contributed by atoms with Gasteiger partial charge in [0.15, 0.2) is 0 Å². The summed E-state index contributed by atoms with van der Waals surface area (Å²) in [6.45, 7) is 1.22. The number of imide groups is 1. The van der Waals surface area contributed by atoms with Crippen molar-refractivity contribution in [3.8, 4) is 11.5 Å². The molecule has 5 aromatic carbocycles. The highest BCUT2D eigenvalue weighted by atomic mass is 35.5. The number of alkyl halides is 1. The number of carbonyl (C=O) groups is 8. The molecule has 0 spiro atoms. The Balaban J connectivity index is 0.836. The minimum Gasteiger partial charge on any atom is -0.496 e. The average molecular weight is 1040 g/mol. The number of unbranched alkanes of at least 4 members (excludes halogenated alkanes) is 2. The van der Waals surface area contributed by atoms with Gasteiger partial charge in [-0.25, -0.2) is 4.79 Å². The fourth-order valence-corrected chi connectivity index (χ4v) is 10.2. The van der Waals surface area contributed by atoms with E-state index in [-0.39, 0.29) is 87.4 Å². The van der Waals surface area contributed by atoms with Crippen LogP contribution in [0.15, 0.2) is 97.1 Å². The summed E-state index contributed by atoms with van der Waals surface area (Å²) in [5.74, 6) is -0.676. The highest BCUT2D eigenvalue weighted by molar-refractivity contribution is 6.19. The number of urea groups is 1. The lowest BCUT2D eigenvalue weighted by Gasteiger charge is -2.21. The van der Waals surface area contributed by atoms with Gasteiger partial charge in [0, 0.05) is 98.0 Å². The molecule has 2 atom stereocenters. The van der Waals surface area contributed by atoms with Gasteiger partial charge in [0.2, 0.25) is 29.5 Å². The van der Waals surface area contributed by atoms with E-state index in [4.69, 9.17) is 26.8 Å². The van der Waals surface area contributed by atoms with E-state index in [9.17, 15) is 38.4 Å². The summed E-state index contributed by atoms with van der Waals surface area (Å²) in [7, 11) is 1.62. The number of fused-ring (bicyclic) bond motifs is 6. The zero-order valence-electron chi connectivity index (χ0n) is 41.8. The Kier molecular flexibility index (Phi) is 17.6. The standard InChI is InChI=1S/C56H61ClN8O10/c1-74-46-30-45-54(42-14-7-6-13-41(42)46)36(31-57)33-65(45)51(69)18-9-17-50(68)63-28-25-39-38-11-4-5-12-40(38)47(29-44(39)63)75-34-35-19-21-37(22-20-35)61-55(72)43(15-10-26-59-56(58)73)62-49(67)32-60-48(66)16-3-2-8-27-64-52(70)23-24-53(64)71/h4-7,11-14,19-24,29-30,36,43H,2-3,8-10,15-18,25-28,31-34H2,1H3,(H,60,66)(H,61,72)(H,62,67)(H3,58,59,73)/t36-,43+/m1/s1. The van der Waals surface area contributed by atoms with Crippen LogP contribution >= 0.6 is 11.6 Å². The summed E-state index contributed by atoms with van der Waals surface area (Å²) in [5.41, 5.74) is 10.1. The van der Waals surface area contributed by atoms with Gasteiger partial charge in [0.1, 0.15) is 24.1 Å². The predicted octanol–water partition coefficient (Wildman–Crippen LogP) is 6.48. The molecule has 75 heavy (non-hydrogen) atoms. The van der Waals surface area contributed by atoms with E-state index in [1.54, 1.807) is 41.2 Å². The minimum atomic E-state index is -1.01. The molecule has 0 bridgehead atoms. The SMILES string of the molecule is COc1cc2c(c3ccccc13)[C@H](CCl)CN2C(=O)CCCC(=O)N1CCc2c1cc(OCc1ccc(NC(=O)[C@H](CCCNC(N)=O)NC(=O)CNC(=O)CCCCCN3C(=O)C=CC3=O)cc1)c1ccccc21. The van der Waals surface area contributed by atoms with Gasteiger partial charge >= 0.3 is 6.03 Å². The zero-order valence-corrected chi connectivity index (χ0v) is 42.5. The van der Waals surface area contributed by atoms with Crippen molar-refractivity contribution in [2.75, 3.05) is 60.8 Å². The summed E-state index contributed by atoms with van der Waals surface area (Å²) in [6, 6.07) is 25.0. The molecule has 8 rings (SSSR count). The van der Waals surface area contributed by atoms with Crippen LogP contribution in [0, 0.1) is 0 Å². The molecule has 18 nitrogen and oxygen atoms in total. The van der Waals surface area contributed by atoms with Gasteiger partial charge in [0.05, 0.1) is 25.0 Å². The lowest BCUT2D eigenvalue weighted by atomic mass is 9.95. The molecule has 0 radical (unpaired) electrons. The van der Waals surface area contributed by atoms with Crippen LogP contribution in [0.3, 0.4) is 0 Å². The molecular weight excluding hydrogens is 980 g/mol. The van der Waals surface area contributed by atoms with Gasteiger partial charge in [-0.2, -0.15) is 0 Å². The molecule has 6 N–H and O–H groups in total. The average Bonchev–Trinajstić information content (AvgIpc) is 4.13. The molecule has 3 heterocycles. The van der Waals surface area contributed by atoms with Crippen LogP contribution in [-0.2, 0) is 46.6 Å². The van der Waals surface area contributed by atoms with E-state index < -0.39 is 23.9 Å². The number of nitrogens with zero attached hydrogens (tertiary/aromatic N) is 3. The fourth-order valence-electron chi connectivity index (χ4n) is 9.98. The summed E-state index contributed by atoms with van der Waals surface area (Å²) < 4.78 is 12.2. The fraction of sp³-hybridized carbons (Fsp3) is 0.357. The Morgan fingerprint density at radius 3 is 2.09 bits per heavy atom. The van der Waals surface area contributed by atoms with E-state index in [0.29, 0.717) is 74.7 Å². The maximum atomic E-state index is 13.9. The van der Waals surface area contributed by atoms with E-state index in [0.717, 1.165) is 54.5 Å². The minimum absolute atomic E-state index is 0.0280. The van der Waals surface area contributed by atoms with Crippen molar-refractivity contribution < 1.29 is 47.8 Å². The largest absolute Gasteiger partial charge is 0.496 e. The molecule has 0 saturated carbocycles. The van der Waals surface area contributed by atoms with Crippen LogP contribution in [0.4, 0.5) is 21.9 Å². The highest BCUT2D eigenvalue weighted by Gasteiger charge is 2.35. The number of halogens is 1. The van der Waals surface area contributed by atoms with Crippen molar-refractivity contribution in [2.45, 2.75) is 82.8 Å². The lowest BCUT2D eigenvalue weighted by Crippen LogP contribution is -2.47. The van der Waals surface area contributed by atoms with Crippen molar-refractivity contribution in [1.29, 1.82) is 0 Å². The molecule has 0 aliphatic carbocycles. The second kappa shape index (κ2) is 24.8. The molecule has 3 aliphatic rings. The van der Waals surface area contributed by atoms with E-state index in [2.05, 4.69) is 21.3 Å². The van der Waals surface area contributed by atoms with Gasteiger partial charge in [-0.1, -0.05) is 67.1 Å². The molecular formula is C56H61ClN8O10. The van der Waals surface area contributed by atoms with Crippen LogP contribution in [-0.4, -0.2) is 104 Å². The molecule has 392 valence electrons. The van der Waals surface area contributed by atoms with Crippen molar-refractivity contribution in [3.63, 3.8) is 0 Å². The number of hydrogen-bond acceptors (Lipinski definition) is 10. The van der Waals surface area contributed by atoms with Gasteiger partial charge in [0.25, 0.3) is 11.8 Å². The van der Waals surface area contributed by atoms with Gasteiger partial charge in [-0.15, -0.1) is 11.6 Å². The number of primary amides is 1. The third-order valence-electron chi connectivity index (χ3n) is 13.8. The number of amides is 9. The predicted molar refractivity (Wildman–Crippen MR) is 286 cm³/mol. The Bertz CT molecular complexity index is 3020. The molecule has 19 heteroatoms. The molecule has 0 unspecified atom stereocenters. The molecule has 0 aromatic heterocycles. The number of benzene rings is 5. The Hall–Kier alpha value is -7.99. The van der Waals surface area contributed by atoms with Gasteiger partial charge in [-0.05, 0) is 78.1 Å². The summed E-state index contributed by atoms with van der Waals surface area (Å²) in [4.78, 5) is 106. The van der Waals surface area contributed by atoms with Crippen LogP contribution in [0.1, 0.15) is 80.4 Å². The van der Waals surface area contributed by atoms with Crippen molar-refractivity contribution in [3.05, 3.63) is 114 Å². The number of nitrogens with two attached hydrogens (primary N) is 1. The lowest BCUT2D eigenvalue weighted by molar-refractivity contribution is -0.137. The molecule has 9 amide bonds. The van der Waals surface area contributed by atoms with Crippen molar-refractivity contribution in [1.82, 2.24) is 20.9 Å². The number of ether oxygens (including phenoxy) is 2. The first-order chi connectivity index (χ1) is 36.3. The van der Waals surface area contributed by atoms with Crippen LogP contribution in [0.2, 0.25) is 0 Å². The van der Waals surface area contributed by atoms with E-state index in [1.807, 2.05) is 60.7 Å². The third-order valence-corrected chi connectivity index (χ3v) is 14.1. The van der Waals surface area contributed by atoms with Gasteiger partial charge in [-0.3, -0.25) is 38.5 Å². The first kappa shape index (κ1) is 53.3. The first-order valence-electron chi connectivity index (χ1n) is 25.3. The van der Waals surface area contributed by atoms with Crippen LogP contribution < -0.4 is 46.3 Å². The van der Waals surface area contributed by atoms with Crippen molar-refractivity contribution in [2.24, 2.45) is 5.73 Å². The Labute approximate surface area is 439 Å². The van der Waals surface area contributed by atoms with Crippen LogP contribution in [0.25, 0.3) is 21.5 Å². The molecule has 3 aliphatic heterocycles. The molecule has 5 aromatic rings. The normalized spacial score (nSPS) is 15.0. The van der Waals surface area contributed by atoms with E-state index in [1.165, 1.54) is 12.2 Å². The monoisotopic (exact) mass is 1040 g/mol. The second-order valence-corrected chi connectivity index (χ2v) is 19.1. The maximum absolute atomic E-state index is 13.9. The van der Waals surface area contributed by atoms with Gasteiger partial charge < -0.3 is 46.3 Å². The Morgan fingerprint density at radius 1 is 0.733 bits per heavy atom. The summed E-state index contributed by atoms with van der Waals surface area (Å²) in [6.07, 6.45) is 6.11. The van der Waals surface area contributed by atoms with E-state index >= 15 is 0 Å². The number of methoxy groups -OCH3 is 1. The zero-order chi connectivity index (χ0) is 53.0. The quantitative estimate of drug-likeness (QED) is 0.0256. The number of nitrogens with one attached hydrogen (secondary N) is 4. The first-order valence-corrected chi connectivity index (χ1v) is 25.8. The third kappa shape index (κ3) is 12.9. The van der Waals surface area contributed by atoms with Crippen molar-refractivity contribution >= 4 is 97.6 Å². The number of rotatable bonds is 24. The smallest absolute Gasteiger partial charge is 0.312 e. The Morgan fingerprint density at radius 2 is 1.40 bits per heavy atom. The highest BCUT2D eigenvalue weighted by Crippen LogP contribution is 2.46. The number of hydrogen-bond donors (Lipinski definition) is 5. The topological polar surface area (TPSA) is 239 Å². The second-order valence-electron chi connectivity index (χ2n) is 18.8. The molecule has 0 saturated heterocycles. The maximum Gasteiger partial charge on any atom is 0.312 e. The number of carbonyl (C=O) groups excluding carboxylic acids is 8. The number of anilines is 3. The van der Waals surface area contributed by atoms with Crippen LogP contribution in [0.5, 0.6) is 11.5 Å².